The van der Waals surface area contributed by atoms with E-state index in [9.17, 15) is 9.59 Å². The Bertz CT molecular complexity index is 1030. The molecule has 166 valence electrons. The highest BCUT2D eigenvalue weighted by atomic mass is 16.5. The van der Waals surface area contributed by atoms with Crippen molar-refractivity contribution in [1.82, 2.24) is 10.2 Å². The summed E-state index contributed by atoms with van der Waals surface area (Å²) in [7, 11) is 1.60. The quantitative estimate of drug-likeness (QED) is 0.574. The third-order valence-electron chi connectivity index (χ3n) is 4.97. The third-order valence-corrected chi connectivity index (χ3v) is 4.97. The van der Waals surface area contributed by atoms with Gasteiger partial charge in [-0.3, -0.25) is 9.59 Å². The molecule has 0 aromatic heterocycles. The molecule has 0 radical (unpaired) electrons. The van der Waals surface area contributed by atoms with Crippen molar-refractivity contribution >= 4 is 11.8 Å². The van der Waals surface area contributed by atoms with E-state index in [4.69, 9.17) is 4.74 Å². The number of benzene rings is 3. The highest BCUT2D eigenvalue weighted by molar-refractivity contribution is 5.98. The molecule has 0 spiro atoms. The monoisotopic (exact) mass is 430 g/mol. The SMILES string of the molecule is COc1ccc([C@@H](C(=O)NC(C)(C)C)N(Cc2ccccc2)C(=O)c2ccccc2)cc1. The van der Waals surface area contributed by atoms with Crippen LogP contribution in [0.3, 0.4) is 0 Å². The molecular weight excluding hydrogens is 400 g/mol. The normalized spacial score (nSPS) is 12.0. The molecule has 3 aromatic carbocycles. The van der Waals surface area contributed by atoms with Crippen LogP contribution in [0.25, 0.3) is 0 Å². The van der Waals surface area contributed by atoms with E-state index in [2.05, 4.69) is 5.32 Å². The number of carbonyl (C=O) groups is 2. The van der Waals surface area contributed by atoms with Crippen molar-refractivity contribution in [2.75, 3.05) is 7.11 Å². The lowest BCUT2D eigenvalue weighted by molar-refractivity contribution is -0.127. The maximum absolute atomic E-state index is 13.7. The molecule has 0 saturated carbocycles. The van der Waals surface area contributed by atoms with Crippen molar-refractivity contribution in [3.8, 4) is 5.75 Å². The van der Waals surface area contributed by atoms with Crippen LogP contribution in [0.1, 0.15) is 48.3 Å². The maximum Gasteiger partial charge on any atom is 0.255 e. The first kappa shape index (κ1) is 23.1. The number of methoxy groups -OCH3 is 1. The fraction of sp³-hybridized carbons (Fsp3) is 0.259. The summed E-state index contributed by atoms with van der Waals surface area (Å²) in [4.78, 5) is 28.9. The molecule has 1 N–H and O–H groups in total. The number of hydrogen-bond donors (Lipinski definition) is 1. The molecule has 0 aliphatic rings. The fourth-order valence-corrected chi connectivity index (χ4v) is 3.50. The van der Waals surface area contributed by atoms with Gasteiger partial charge in [-0.2, -0.15) is 0 Å². The van der Waals surface area contributed by atoms with Gasteiger partial charge < -0.3 is 15.0 Å². The molecule has 0 aliphatic heterocycles. The second-order valence-corrected chi connectivity index (χ2v) is 8.70. The van der Waals surface area contributed by atoms with Gasteiger partial charge in [-0.1, -0.05) is 60.7 Å². The molecule has 5 nitrogen and oxygen atoms in total. The second-order valence-electron chi connectivity index (χ2n) is 8.70. The van der Waals surface area contributed by atoms with Crippen LogP contribution in [0.2, 0.25) is 0 Å². The predicted molar refractivity (Wildman–Crippen MR) is 126 cm³/mol. The van der Waals surface area contributed by atoms with E-state index in [0.29, 0.717) is 23.4 Å². The summed E-state index contributed by atoms with van der Waals surface area (Å²) in [5.41, 5.74) is 1.74. The van der Waals surface area contributed by atoms with Crippen LogP contribution in [-0.2, 0) is 11.3 Å². The minimum atomic E-state index is -0.812. The summed E-state index contributed by atoms with van der Waals surface area (Å²) in [5, 5.41) is 3.05. The molecular formula is C27H30N2O3. The molecule has 32 heavy (non-hydrogen) atoms. The Morgan fingerprint density at radius 1 is 0.875 bits per heavy atom. The molecule has 1 atom stereocenters. The van der Waals surface area contributed by atoms with Crippen molar-refractivity contribution in [3.63, 3.8) is 0 Å². The lowest BCUT2D eigenvalue weighted by Crippen LogP contribution is -2.49. The third kappa shape index (κ3) is 5.97. The van der Waals surface area contributed by atoms with E-state index in [1.165, 1.54) is 0 Å². The lowest BCUT2D eigenvalue weighted by Gasteiger charge is -2.34. The summed E-state index contributed by atoms with van der Waals surface area (Å²) in [6.45, 7) is 6.08. The largest absolute Gasteiger partial charge is 0.497 e. The van der Waals surface area contributed by atoms with Gasteiger partial charge in [0.1, 0.15) is 11.8 Å². The molecule has 0 heterocycles. The van der Waals surface area contributed by atoms with Gasteiger partial charge in [-0.15, -0.1) is 0 Å². The Kier molecular flexibility index (Phi) is 7.31. The zero-order valence-corrected chi connectivity index (χ0v) is 19.0. The molecule has 0 fully saturated rings. The van der Waals surface area contributed by atoms with E-state index >= 15 is 0 Å². The van der Waals surface area contributed by atoms with E-state index in [0.717, 1.165) is 5.56 Å². The fourth-order valence-electron chi connectivity index (χ4n) is 3.50. The van der Waals surface area contributed by atoms with Gasteiger partial charge in [0.25, 0.3) is 5.91 Å². The first-order valence-electron chi connectivity index (χ1n) is 10.6. The Hall–Kier alpha value is -3.60. The second kappa shape index (κ2) is 10.1. The summed E-state index contributed by atoms with van der Waals surface area (Å²) in [6.07, 6.45) is 0. The average Bonchev–Trinajstić information content (AvgIpc) is 2.78. The smallest absolute Gasteiger partial charge is 0.255 e. The zero-order chi connectivity index (χ0) is 23.1. The minimum absolute atomic E-state index is 0.209. The van der Waals surface area contributed by atoms with Gasteiger partial charge >= 0.3 is 0 Å². The maximum atomic E-state index is 13.7. The Labute approximate surface area is 190 Å². The number of amides is 2. The van der Waals surface area contributed by atoms with Gasteiger partial charge in [0.2, 0.25) is 5.91 Å². The van der Waals surface area contributed by atoms with Gasteiger partial charge in [0.05, 0.1) is 7.11 Å². The van der Waals surface area contributed by atoms with E-state index < -0.39 is 11.6 Å². The molecule has 0 unspecified atom stereocenters. The number of carbonyl (C=O) groups excluding carboxylic acids is 2. The lowest BCUT2D eigenvalue weighted by atomic mass is 9.99. The van der Waals surface area contributed by atoms with Crippen LogP contribution in [0.15, 0.2) is 84.9 Å². The molecule has 0 saturated heterocycles. The standard InChI is InChI=1S/C27H30N2O3/c1-27(2,3)28-25(30)24(21-15-17-23(32-4)18-16-21)29(19-20-11-7-5-8-12-20)26(31)22-13-9-6-10-14-22/h5-18,24H,19H2,1-4H3,(H,28,30)/t24-/m0/s1. The van der Waals surface area contributed by atoms with Gasteiger partial charge in [-0.05, 0) is 56.2 Å². The first-order chi connectivity index (χ1) is 15.3. The van der Waals surface area contributed by atoms with Crippen LogP contribution < -0.4 is 10.1 Å². The number of nitrogens with zero attached hydrogens (tertiary/aromatic N) is 1. The molecule has 0 aliphatic carbocycles. The number of ether oxygens (including phenoxy) is 1. The first-order valence-corrected chi connectivity index (χ1v) is 10.6. The molecule has 3 aromatic rings. The van der Waals surface area contributed by atoms with Crippen molar-refractivity contribution in [1.29, 1.82) is 0 Å². The van der Waals surface area contributed by atoms with Gasteiger partial charge in [0, 0.05) is 17.6 Å². The Balaban J connectivity index is 2.09. The minimum Gasteiger partial charge on any atom is -0.497 e. The van der Waals surface area contributed by atoms with E-state index in [-0.39, 0.29) is 11.8 Å². The summed E-state index contributed by atoms with van der Waals surface area (Å²) >= 11 is 0. The molecule has 3 rings (SSSR count). The summed E-state index contributed by atoms with van der Waals surface area (Å²) < 4.78 is 5.28. The van der Waals surface area contributed by atoms with Crippen LogP contribution >= 0.6 is 0 Å². The van der Waals surface area contributed by atoms with Gasteiger partial charge in [0.15, 0.2) is 0 Å². The van der Waals surface area contributed by atoms with Crippen LogP contribution in [0.5, 0.6) is 5.75 Å². The van der Waals surface area contributed by atoms with E-state index in [1.54, 1.807) is 36.3 Å². The van der Waals surface area contributed by atoms with Crippen molar-refractivity contribution in [3.05, 3.63) is 102 Å². The number of hydrogen-bond acceptors (Lipinski definition) is 3. The molecule has 0 bridgehead atoms. The summed E-state index contributed by atoms with van der Waals surface area (Å²) in [6, 6.07) is 25.2. The number of rotatable bonds is 7. The van der Waals surface area contributed by atoms with Crippen LogP contribution in [0.4, 0.5) is 0 Å². The van der Waals surface area contributed by atoms with Crippen LogP contribution in [0, 0.1) is 0 Å². The zero-order valence-electron chi connectivity index (χ0n) is 19.0. The van der Waals surface area contributed by atoms with Gasteiger partial charge in [-0.25, -0.2) is 0 Å². The number of nitrogens with one attached hydrogen (secondary N) is 1. The summed E-state index contributed by atoms with van der Waals surface area (Å²) in [5.74, 6) is 0.245. The average molecular weight is 431 g/mol. The predicted octanol–water partition coefficient (Wildman–Crippen LogP) is 4.99. The van der Waals surface area contributed by atoms with E-state index in [1.807, 2.05) is 81.4 Å². The molecule has 2 amide bonds. The Morgan fingerprint density at radius 3 is 1.97 bits per heavy atom. The van der Waals surface area contributed by atoms with Crippen molar-refractivity contribution in [2.24, 2.45) is 0 Å². The highest BCUT2D eigenvalue weighted by Crippen LogP contribution is 2.28. The Morgan fingerprint density at radius 2 is 1.44 bits per heavy atom. The molecule has 5 heteroatoms. The van der Waals surface area contributed by atoms with Crippen molar-refractivity contribution < 1.29 is 14.3 Å². The topological polar surface area (TPSA) is 58.6 Å². The van der Waals surface area contributed by atoms with Crippen LogP contribution in [-0.4, -0.2) is 29.4 Å². The highest BCUT2D eigenvalue weighted by Gasteiger charge is 2.33. The van der Waals surface area contributed by atoms with Crippen molar-refractivity contribution in [2.45, 2.75) is 38.9 Å².